The van der Waals surface area contributed by atoms with Crippen LogP contribution < -0.4 is 0 Å². The van der Waals surface area contributed by atoms with E-state index in [1.54, 1.807) is 6.07 Å². The van der Waals surface area contributed by atoms with Gasteiger partial charge in [0.2, 0.25) is 0 Å². The normalized spacial score (nSPS) is 13.8. The van der Waals surface area contributed by atoms with Crippen molar-refractivity contribution in [3.63, 3.8) is 0 Å². The van der Waals surface area contributed by atoms with Crippen molar-refractivity contribution in [3.8, 4) is 11.1 Å². The Morgan fingerprint density at radius 3 is 2.56 bits per heavy atom. The SMILES string of the molecule is Cc1cc(F)ccc1-c1cccc2c1CCC2=O. The molecule has 0 saturated carbocycles. The first-order valence-electron chi connectivity index (χ1n) is 6.08. The quantitative estimate of drug-likeness (QED) is 0.738. The summed E-state index contributed by atoms with van der Waals surface area (Å²) in [7, 11) is 0. The largest absolute Gasteiger partial charge is 0.294 e. The fourth-order valence-electron chi connectivity index (χ4n) is 2.67. The maximum Gasteiger partial charge on any atom is 0.163 e. The number of rotatable bonds is 1. The second-order valence-electron chi connectivity index (χ2n) is 4.71. The first-order chi connectivity index (χ1) is 8.66. The van der Waals surface area contributed by atoms with Crippen molar-refractivity contribution in [2.45, 2.75) is 19.8 Å². The van der Waals surface area contributed by atoms with E-state index in [4.69, 9.17) is 0 Å². The molecule has 0 N–H and O–H groups in total. The molecule has 0 unspecified atom stereocenters. The van der Waals surface area contributed by atoms with Crippen LogP contribution in [0.3, 0.4) is 0 Å². The van der Waals surface area contributed by atoms with Crippen LogP contribution >= 0.6 is 0 Å². The molecule has 0 aliphatic heterocycles. The van der Waals surface area contributed by atoms with Gasteiger partial charge in [-0.3, -0.25) is 4.79 Å². The van der Waals surface area contributed by atoms with Gasteiger partial charge >= 0.3 is 0 Å². The van der Waals surface area contributed by atoms with Gasteiger partial charge in [-0.2, -0.15) is 0 Å². The van der Waals surface area contributed by atoms with E-state index in [0.717, 1.165) is 34.2 Å². The molecule has 0 atom stereocenters. The van der Waals surface area contributed by atoms with Gasteiger partial charge in [0.05, 0.1) is 0 Å². The molecule has 2 aromatic rings. The molecule has 1 nitrogen and oxygen atoms in total. The minimum absolute atomic E-state index is 0.214. The first kappa shape index (κ1) is 11.1. The van der Waals surface area contributed by atoms with Crippen LogP contribution in [0.5, 0.6) is 0 Å². The van der Waals surface area contributed by atoms with Crippen molar-refractivity contribution in [2.24, 2.45) is 0 Å². The zero-order chi connectivity index (χ0) is 12.7. The topological polar surface area (TPSA) is 17.1 Å². The minimum atomic E-state index is -0.222. The van der Waals surface area contributed by atoms with Crippen molar-refractivity contribution >= 4 is 5.78 Å². The van der Waals surface area contributed by atoms with E-state index in [1.807, 2.05) is 25.1 Å². The lowest BCUT2D eigenvalue weighted by atomic mass is 9.94. The van der Waals surface area contributed by atoms with Crippen LogP contribution in [-0.4, -0.2) is 5.78 Å². The van der Waals surface area contributed by atoms with Crippen molar-refractivity contribution in [2.75, 3.05) is 0 Å². The molecular weight excluding hydrogens is 227 g/mol. The molecule has 1 aliphatic carbocycles. The number of hydrogen-bond acceptors (Lipinski definition) is 1. The second kappa shape index (κ2) is 4.05. The third kappa shape index (κ3) is 1.65. The molecule has 2 aromatic carbocycles. The highest BCUT2D eigenvalue weighted by atomic mass is 19.1. The average molecular weight is 240 g/mol. The number of halogens is 1. The Labute approximate surface area is 105 Å². The van der Waals surface area contributed by atoms with Crippen molar-refractivity contribution in [1.82, 2.24) is 0 Å². The molecule has 0 aromatic heterocycles. The summed E-state index contributed by atoms with van der Waals surface area (Å²) in [5.41, 5.74) is 4.93. The van der Waals surface area contributed by atoms with Gasteiger partial charge in [0, 0.05) is 12.0 Å². The number of benzene rings is 2. The van der Waals surface area contributed by atoms with E-state index in [9.17, 15) is 9.18 Å². The van der Waals surface area contributed by atoms with Gasteiger partial charge in [0.1, 0.15) is 5.82 Å². The number of fused-ring (bicyclic) bond motifs is 1. The van der Waals surface area contributed by atoms with Gasteiger partial charge in [-0.15, -0.1) is 0 Å². The predicted octanol–water partition coefficient (Wildman–Crippen LogP) is 3.93. The molecule has 1 aliphatic rings. The zero-order valence-electron chi connectivity index (χ0n) is 10.2. The van der Waals surface area contributed by atoms with Crippen LogP contribution in [0.4, 0.5) is 4.39 Å². The molecule has 0 amide bonds. The second-order valence-corrected chi connectivity index (χ2v) is 4.71. The summed E-state index contributed by atoms with van der Waals surface area (Å²) in [5, 5.41) is 0. The summed E-state index contributed by atoms with van der Waals surface area (Å²) < 4.78 is 13.1. The molecule has 90 valence electrons. The van der Waals surface area contributed by atoms with E-state index in [2.05, 4.69) is 0 Å². The van der Waals surface area contributed by atoms with Crippen LogP contribution in [-0.2, 0) is 6.42 Å². The Morgan fingerprint density at radius 1 is 1.00 bits per heavy atom. The van der Waals surface area contributed by atoms with E-state index >= 15 is 0 Å². The van der Waals surface area contributed by atoms with Crippen LogP contribution in [0.25, 0.3) is 11.1 Å². The van der Waals surface area contributed by atoms with Crippen molar-refractivity contribution in [1.29, 1.82) is 0 Å². The lowest BCUT2D eigenvalue weighted by molar-refractivity contribution is 0.0994. The number of carbonyl (C=O) groups excluding carboxylic acids is 1. The first-order valence-corrected chi connectivity index (χ1v) is 6.08. The number of carbonyl (C=O) groups is 1. The highest BCUT2D eigenvalue weighted by Crippen LogP contribution is 2.34. The molecule has 2 heteroatoms. The van der Waals surface area contributed by atoms with Crippen molar-refractivity contribution in [3.05, 3.63) is 58.9 Å². The number of Topliss-reactive ketones (excluding diaryl/α,β-unsaturated/α-hetero) is 1. The maximum atomic E-state index is 13.1. The highest BCUT2D eigenvalue weighted by Gasteiger charge is 2.22. The van der Waals surface area contributed by atoms with Gasteiger partial charge < -0.3 is 0 Å². The third-order valence-corrected chi connectivity index (χ3v) is 3.56. The Bertz CT molecular complexity index is 644. The van der Waals surface area contributed by atoms with E-state index in [-0.39, 0.29) is 11.6 Å². The molecule has 0 saturated heterocycles. The fraction of sp³-hybridized carbons (Fsp3) is 0.188. The lowest BCUT2D eigenvalue weighted by Gasteiger charge is -2.10. The standard InChI is InChI=1S/C16H13FO/c1-10-9-11(17)5-6-12(10)13-3-2-4-15-14(13)7-8-16(15)18/h2-6,9H,7-8H2,1H3. The molecule has 18 heavy (non-hydrogen) atoms. The molecule has 0 heterocycles. The summed E-state index contributed by atoms with van der Waals surface area (Å²) in [4.78, 5) is 11.7. The summed E-state index contributed by atoms with van der Waals surface area (Å²) in [5.74, 6) is -0.00785. The van der Waals surface area contributed by atoms with E-state index in [1.165, 1.54) is 12.1 Å². The van der Waals surface area contributed by atoms with Gasteiger partial charge in [0.15, 0.2) is 5.78 Å². The Balaban J connectivity index is 2.22. The summed E-state index contributed by atoms with van der Waals surface area (Å²) >= 11 is 0. The van der Waals surface area contributed by atoms with E-state index < -0.39 is 0 Å². The molecule has 0 spiro atoms. The van der Waals surface area contributed by atoms with E-state index in [0.29, 0.717) is 6.42 Å². The van der Waals surface area contributed by atoms with Crippen LogP contribution in [0, 0.1) is 12.7 Å². The van der Waals surface area contributed by atoms with Crippen LogP contribution in [0.2, 0.25) is 0 Å². The fourth-order valence-corrected chi connectivity index (χ4v) is 2.67. The Hall–Kier alpha value is -1.96. The van der Waals surface area contributed by atoms with Gasteiger partial charge in [-0.05, 0) is 47.7 Å². The maximum absolute atomic E-state index is 13.1. The minimum Gasteiger partial charge on any atom is -0.294 e. The van der Waals surface area contributed by atoms with Crippen LogP contribution in [0.1, 0.15) is 27.9 Å². The van der Waals surface area contributed by atoms with Gasteiger partial charge in [-0.25, -0.2) is 4.39 Å². The molecule has 0 fully saturated rings. The van der Waals surface area contributed by atoms with Crippen molar-refractivity contribution < 1.29 is 9.18 Å². The molecular formula is C16H13FO. The van der Waals surface area contributed by atoms with Gasteiger partial charge in [-0.1, -0.05) is 24.3 Å². The Morgan fingerprint density at radius 2 is 1.78 bits per heavy atom. The lowest BCUT2D eigenvalue weighted by Crippen LogP contribution is -1.93. The average Bonchev–Trinajstić information content (AvgIpc) is 2.72. The number of aryl methyl sites for hydroxylation is 1. The Kier molecular flexibility index (Phi) is 2.51. The van der Waals surface area contributed by atoms with Gasteiger partial charge in [0.25, 0.3) is 0 Å². The summed E-state index contributed by atoms with van der Waals surface area (Å²) in [6, 6.07) is 10.6. The number of ketones is 1. The number of hydrogen-bond donors (Lipinski definition) is 0. The molecule has 0 bridgehead atoms. The third-order valence-electron chi connectivity index (χ3n) is 3.56. The monoisotopic (exact) mass is 240 g/mol. The molecule has 0 radical (unpaired) electrons. The molecule has 3 rings (SSSR count). The zero-order valence-corrected chi connectivity index (χ0v) is 10.2. The van der Waals surface area contributed by atoms with Crippen LogP contribution in [0.15, 0.2) is 36.4 Å². The predicted molar refractivity (Wildman–Crippen MR) is 69.2 cm³/mol. The highest BCUT2D eigenvalue weighted by molar-refractivity contribution is 6.02. The smallest absolute Gasteiger partial charge is 0.163 e. The summed E-state index contributed by atoms with van der Waals surface area (Å²) in [6.07, 6.45) is 1.38. The summed E-state index contributed by atoms with van der Waals surface area (Å²) in [6.45, 7) is 1.90.